The molecular formula is C9H11F5O3S. The van der Waals surface area contributed by atoms with E-state index >= 15 is 0 Å². The van der Waals surface area contributed by atoms with Crippen LogP contribution in [0.2, 0.25) is 0 Å². The minimum absolute atomic E-state index is 0.00194. The normalized spacial score (nSPS) is 35.7. The van der Waals surface area contributed by atoms with Crippen LogP contribution in [0.25, 0.3) is 0 Å². The largest absolute Gasteiger partial charge is 0.523 e. The third-order valence-corrected chi connectivity index (χ3v) is 4.74. The predicted octanol–water partition coefficient (Wildman–Crippen LogP) is 2.82. The van der Waals surface area contributed by atoms with Gasteiger partial charge in [-0.1, -0.05) is 0 Å². The van der Waals surface area contributed by atoms with Gasteiger partial charge in [0.15, 0.2) is 0 Å². The average molecular weight is 294 g/mol. The Bertz CT molecular complexity index is 434. The van der Waals surface area contributed by atoms with Crippen LogP contribution in [0.15, 0.2) is 0 Å². The molecule has 0 amide bonds. The fourth-order valence-corrected chi connectivity index (χ4v) is 3.06. The Morgan fingerprint density at radius 1 is 1.11 bits per heavy atom. The van der Waals surface area contributed by atoms with Crippen LogP contribution in [0.5, 0.6) is 0 Å². The maximum atomic E-state index is 13.0. The van der Waals surface area contributed by atoms with E-state index in [1.165, 1.54) is 0 Å². The topological polar surface area (TPSA) is 43.4 Å². The molecule has 1 spiro atoms. The molecule has 0 bridgehead atoms. The minimum atomic E-state index is -5.63. The molecule has 9 heteroatoms. The van der Waals surface area contributed by atoms with Gasteiger partial charge in [0.25, 0.3) is 5.92 Å². The molecular weight excluding hydrogens is 283 g/mol. The second kappa shape index (κ2) is 3.78. The Morgan fingerprint density at radius 2 is 1.56 bits per heavy atom. The van der Waals surface area contributed by atoms with E-state index in [0.717, 1.165) is 0 Å². The highest BCUT2D eigenvalue weighted by atomic mass is 32.2. The van der Waals surface area contributed by atoms with E-state index in [9.17, 15) is 30.4 Å². The molecule has 2 aliphatic rings. The average Bonchev–Trinajstić information content (AvgIpc) is 2.70. The van der Waals surface area contributed by atoms with Crippen LogP contribution in [0.4, 0.5) is 22.0 Å². The van der Waals surface area contributed by atoms with Crippen LogP contribution in [0.3, 0.4) is 0 Å². The highest BCUT2D eigenvalue weighted by Crippen LogP contribution is 2.67. The summed E-state index contributed by atoms with van der Waals surface area (Å²) in [5.41, 5.74) is -6.60. The monoisotopic (exact) mass is 294 g/mol. The SMILES string of the molecule is O=S(=O)(OC1CCC2(CC1)CC2(F)F)C(F)(F)F. The van der Waals surface area contributed by atoms with E-state index < -0.39 is 33.1 Å². The Balaban J connectivity index is 1.93. The van der Waals surface area contributed by atoms with Gasteiger partial charge < -0.3 is 0 Å². The lowest BCUT2D eigenvalue weighted by atomic mass is 9.84. The molecule has 2 saturated carbocycles. The summed E-state index contributed by atoms with van der Waals surface area (Å²) in [7, 11) is -5.63. The first-order chi connectivity index (χ1) is 7.99. The Hall–Kier alpha value is -0.440. The second-order valence-electron chi connectivity index (χ2n) is 4.86. The van der Waals surface area contributed by atoms with Crippen LogP contribution in [0.1, 0.15) is 32.1 Å². The van der Waals surface area contributed by atoms with Gasteiger partial charge in [-0.15, -0.1) is 0 Å². The summed E-state index contributed by atoms with van der Waals surface area (Å²) >= 11 is 0. The van der Waals surface area contributed by atoms with Gasteiger partial charge >= 0.3 is 15.6 Å². The highest BCUT2D eigenvalue weighted by molar-refractivity contribution is 7.87. The van der Waals surface area contributed by atoms with Crippen molar-refractivity contribution in [3.63, 3.8) is 0 Å². The molecule has 106 valence electrons. The molecule has 0 atom stereocenters. The van der Waals surface area contributed by atoms with Crippen molar-refractivity contribution in [2.45, 2.75) is 49.6 Å². The zero-order valence-corrected chi connectivity index (χ0v) is 9.95. The highest BCUT2D eigenvalue weighted by Gasteiger charge is 2.70. The summed E-state index contributed by atoms with van der Waals surface area (Å²) in [6.07, 6.45) is -1.61. The Morgan fingerprint density at radius 3 is 1.89 bits per heavy atom. The molecule has 2 aliphatic carbocycles. The van der Waals surface area contributed by atoms with Crippen molar-refractivity contribution >= 4 is 10.1 Å². The zero-order chi connectivity index (χ0) is 13.8. The molecule has 0 unspecified atom stereocenters. The summed E-state index contributed by atoms with van der Waals surface area (Å²) in [6, 6.07) is 0. The van der Waals surface area contributed by atoms with Gasteiger partial charge in [0.05, 0.1) is 6.10 Å². The number of rotatable bonds is 2. The number of halogens is 5. The van der Waals surface area contributed by atoms with Crippen LogP contribution in [-0.2, 0) is 14.3 Å². The van der Waals surface area contributed by atoms with Crippen molar-refractivity contribution in [1.29, 1.82) is 0 Å². The van der Waals surface area contributed by atoms with Gasteiger partial charge in [0.1, 0.15) is 0 Å². The molecule has 18 heavy (non-hydrogen) atoms. The lowest BCUT2D eigenvalue weighted by Gasteiger charge is -2.28. The fourth-order valence-electron chi connectivity index (χ4n) is 2.40. The van der Waals surface area contributed by atoms with E-state index in [2.05, 4.69) is 4.18 Å². The molecule has 2 fully saturated rings. The molecule has 0 aromatic heterocycles. The number of hydrogen-bond acceptors (Lipinski definition) is 3. The van der Waals surface area contributed by atoms with E-state index in [0.29, 0.717) is 0 Å². The lowest BCUT2D eigenvalue weighted by molar-refractivity contribution is -0.0603. The standard InChI is InChI=1S/C9H11F5O3S/c10-8(11)5-7(8)3-1-6(2-4-7)17-18(15,16)9(12,13)14/h6H,1-5H2. The molecule has 0 saturated heterocycles. The predicted molar refractivity (Wildman–Crippen MR) is 50.3 cm³/mol. The van der Waals surface area contributed by atoms with Crippen molar-refractivity contribution in [2.75, 3.05) is 0 Å². The molecule has 0 heterocycles. The maximum Gasteiger partial charge on any atom is 0.523 e. The van der Waals surface area contributed by atoms with Crippen molar-refractivity contribution < 1.29 is 34.6 Å². The Kier molecular flexibility index (Phi) is 2.94. The minimum Gasteiger partial charge on any atom is -0.260 e. The smallest absolute Gasteiger partial charge is 0.260 e. The van der Waals surface area contributed by atoms with Gasteiger partial charge in [-0.05, 0) is 25.7 Å². The molecule has 0 radical (unpaired) electrons. The number of alkyl halides is 5. The number of hydrogen-bond donors (Lipinski definition) is 0. The van der Waals surface area contributed by atoms with Gasteiger partial charge in [0.2, 0.25) is 0 Å². The van der Waals surface area contributed by atoms with E-state index in [-0.39, 0.29) is 32.1 Å². The first kappa shape index (κ1) is 14.0. The third kappa shape index (κ3) is 2.22. The first-order valence-electron chi connectivity index (χ1n) is 5.37. The summed E-state index contributed by atoms with van der Waals surface area (Å²) in [5, 5.41) is 0. The quantitative estimate of drug-likeness (QED) is 0.447. The van der Waals surface area contributed by atoms with Gasteiger partial charge in [-0.2, -0.15) is 21.6 Å². The van der Waals surface area contributed by atoms with Crippen molar-refractivity contribution in [2.24, 2.45) is 5.41 Å². The van der Waals surface area contributed by atoms with E-state index in [1.54, 1.807) is 0 Å². The third-order valence-electron chi connectivity index (χ3n) is 3.65. The van der Waals surface area contributed by atoms with Gasteiger partial charge in [-0.3, -0.25) is 4.18 Å². The van der Waals surface area contributed by atoms with Crippen LogP contribution in [0, 0.1) is 5.41 Å². The van der Waals surface area contributed by atoms with Crippen LogP contribution in [-0.4, -0.2) is 26.0 Å². The summed E-state index contributed by atoms with van der Waals surface area (Å²) in [5.74, 6) is -2.76. The van der Waals surface area contributed by atoms with Gasteiger partial charge in [0, 0.05) is 11.8 Å². The lowest BCUT2D eigenvalue weighted by Crippen LogP contribution is -2.33. The van der Waals surface area contributed by atoms with Crippen molar-refractivity contribution in [3.05, 3.63) is 0 Å². The maximum absolute atomic E-state index is 13.0. The van der Waals surface area contributed by atoms with Crippen molar-refractivity contribution in [1.82, 2.24) is 0 Å². The molecule has 0 aromatic rings. The summed E-state index contributed by atoms with van der Waals surface area (Å²) in [6.45, 7) is 0. The fraction of sp³-hybridized carbons (Fsp3) is 1.00. The summed E-state index contributed by atoms with van der Waals surface area (Å²) in [4.78, 5) is 0. The Labute approximate surface area is 100 Å². The first-order valence-corrected chi connectivity index (χ1v) is 6.77. The molecule has 0 aromatic carbocycles. The molecule has 2 rings (SSSR count). The van der Waals surface area contributed by atoms with Gasteiger partial charge in [-0.25, -0.2) is 8.78 Å². The van der Waals surface area contributed by atoms with Crippen LogP contribution < -0.4 is 0 Å². The van der Waals surface area contributed by atoms with E-state index in [4.69, 9.17) is 0 Å². The second-order valence-corrected chi connectivity index (χ2v) is 6.42. The molecule has 3 nitrogen and oxygen atoms in total. The molecule has 0 aliphatic heterocycles. The molecule has 0 N–H and O–H groups in total. The summed E-state index contributed by atoms with van der Waals surface area (Å²) < 4.78 is 87.6. The van der Waals surface area contributed by atoms with E-state index in [1.807, 2.05) is 0 Å². The van der Waals surface area contributed by atoms with Crippen LogP contribution >= 0.6 is 0 Å². The zero-order valence-electron chi connectivity index (χ0n) is 9.14. The van der Waals surface area contributed by atoms with Crippen molar-refractivity contribution in [3.8, 4) is 0 Å².